The van der Waals surface area contributed by atoms with Gasteiger partial charge in [0.1, 0.15) is 6.04 Å². The molecule has 0 spiro atoms. The van der Waals surface area contributed by atoms with Crippen LogP contribution in [0.1, 0.15) is 12.8 Å². The largest absolute Gasteiger partial charge is 0.481 e. The minimum atomic E-state index is -0.955. The van der Waals surface area contributed by atoms with Crippen molar-refractivity contribution in [2.75, 3.05) is 39.3 Å². The van der Waals surface area contributed by atoms with Gasteiger partial charge in [0.2, 0.25) is 0 Å². The van der Waals surface area contributed by atoms with Gasteiger partial charge < -0.3 is 20.8 Å². The van der Waals surface area contributed by atoms with Gasteiger partial charge in [-0.25, -0.2) is 0 Å². The highest BCUT2D eigenvalue weighted by Crippen LogP contribution is 2.07. The molecule has 7 heteroatoms. The molecule has 0 saturated carbocycles. The number of rotatable bonds is 5. The van der Waals surface area contributed by atoms with Crippen molar-refractivity contribution in [3.05, 3.63) is 0 Å². The Hall–Kier alpha value is -1.18. The molecule has 1 fully saturated rings. The molecule has 1 rings (SSSR count). The molecule has 18 heavy (non-hydrogen) atoms. The lowest BCUT2D eigenvalue weighted by atomic mass is 10.1. The third kappa shape index (κ3) is 5.44. The summed E-state index contributed by atoms with van der Waals surface area (Å²) in [5.41, 5.74) is 0. The van der Waals surface area contributed by atoms with Crippen LogP contribution in [0.3, 0.4) is 0 Å². The number of hydrogen-bond donors (Lipinski definition) is 4. The van der Waals surface area contributed by atoms with E-state index in [0.717, 1.165) is 26.2 Å². The van der Waals surface area contributed by atoms with Gasteiger partial charge in [-0.2, -0.15) is 0 Å². The van der Waals surface area contributed by atoms with E-state index in [1.54, 1.807) is 0 Å². The van der Waals surface area contributed by atoms with E-state index in [2.05, 4.69) is 15.7 Å². The summed E-state index contributed by atoms with van der Waals surface area (Å²) < 4.78 is 6.73. The van der Waals surface area contributed by atoms with E-state index in [1.165, 1.54) is 0 Å². The molecular weight excluding hydrogens is 238 g/mol. The molecule has 4 N–H and O–H groups in total. The fraction of sp³-hybridized carbons (Fsp3) is 0.818. The van der Waals surface area contributed by atoms with Crippen LogP contribution in [0.4, 0.5) is 0 Å². The van der Waals surface area contributed by atoms with E-state index in [-0.39, 0.29) is 12.8 Å². The second kappa shape index (κ2) is 8.02. The van der Waals surface area contributed by atoms with Crippen LogP contribution in [0.5, 0.6) is 0 Å². The third-order valence-corrected chi connectivity index (χ3v) is 2.97. The van der Waals surface area contributed by atoms with Crippen LogP contribution in [-0.4, -0.2) is 72.4 Å². The smallest absolute Gasteiger partial charge is 0.320 e. The Labute approximate surface area is 108 Å². The van der Waals surface area contributed by atoms with Crippen molar-refractivity contribution in [3.8, 4) is 0 Å². The maximum atomic E-state index is 11.6. The number of carboxylic acid groups (broad SMARTS) is 2. The summed E-state index contributed by atoms with van der Waals surface area (Å²) in [5, 5.41) is 19.2. The molecule has 0 aromatic rings. The van der Waals surface area contributed by atoms with Gasteiger partial charge in [0.05, 0.1) is 0 Å². The molecule has 1 aliphatic rings. The van der Waals surface area contributed by atoms with E-state index in [4.69, 9.17) is 6.54 Å². The third-order valence-electron chi connectivity index (χ3n) is 2.97. The van der Waals surface area contributed by atoms with Crippen molar-refractivity contribution in [2.45, 2.75) is 18.9 Å². The summed E-state index contributed by atoms with van der Waals surface area (Å²) >= 11 is 0. The number of carbonyl (C=O) groups is 2. The van der Waals surface area contributed by atoms with Crippen molar-refractivity contribution in [2.24, 2.45) is 0 Å². The number of hydrogen-bond acceptors (Lipinski definition) is 6. The Morgan fingerprint density at radius 1 is 1.22 bits per heavy atom. The average molecular weight is 260 g/mol. The SMILES string of the molecule is [2H]OC(=O)C(CCC(=O)O)N1CCNCCNCC1. The van der Waals surface area contributed by atoms with Crippen LogP contribution in [-0.2, 0) is 9.59 Å². The Balaban J connectivity index is 2.62. The van der Waals surface area contributed by atoms with Gasteiger partial charge in [0.25, 0.3) is 1.43 Å². The van der Waals surface area contributed by atoms with Crippen molar-refractivity contribution in [1.82, 2.24) is 15.5 Å². The van der Waals surface area contributed by atoms with Crippen LogP contribution in [0.15, 0.2) is 0 Å². The quantitative estimate of drug-likeness (QED) is 0.492. The molecule has 104 valence electrons. The fourth-order valence-corrected chi connectivity index (χ4v) is 2.01. The fourth-order valence-electron chi connectivity index (χ4n) is 2.01. The zero-order chi connectivity index (χ0) is 14.1. The van der Waals surface area contributed by atoms with Crippen LogP contribution >= 0.6 is 0 Å². The lowest BCUT2D eigenvalue weighted by Gasteiger charge is -2.28. The minimum absolute atomic E-state index is 0.114. The Morgan fingerprint density at radius 2 is 1.83 bits per heavy atom. The van der Waals surface area contributed by atoms with Gasteiger partial charge in [-0.05, 0) is 6.42 Å². The zero-order valence-electron chi connectivity index (χ0n) is 11.4. The summed E-state index contributed by atoms with van der Waals surface area (Å²) in [5.74, 6) is -1.65. The van der Waals surface area contributed by atoms with Crippen molar-refractivity contribution >= 4 is 11.9 Å². The van der Waals surface area contributed by atoms with E-state index in [0.29, 0.717) is 13.1 Å². The van der Waals surface area contributed by atoms with Crippen molar-refractivity contribution < 1.29 is 19.8 Å². The number of carboxylic acids is 2. The van der Waals surface area contributed by atoms with Crippen LogP contribution < -0.4 is 10.6 Å². The Morgan fingerprint density at radius 3 is 2.33 bits per heavy atom. The van der Waals surface area contributed by atoms with Crippen molar-refractivity contribution in [1.29, 1.82) is 1.43 Å². The lowest BCUT2D eigenvalue weighted by Crippen LogP contribution is -2.46. The first kappa shape index (κ1) is 13.3. The van der Waals surface area contributed by atoms with Gasteiger partial charge in [-0.1, -0.05) is 0 Å². The first-order valence-corrected chi connectivity index (χ1v) is 6.19. The monoisotopic (exact) mass is 260 g/mol. The zero-order valence-corrected chi connectivity index (χ0v) is 10.4. The average Bonchev–Trinajstić information content (AvgIpc) is 2.52. The van der Waals surface area contributed by atoms with Gasteiger partial charge in [-0.15, -0.1) is 0 Å². The van der Waals surface area contributed by atoms with Gasteiger partial charge in [-0.3, -0.25) is 14.5 Å². The molecule has 1 unspecified atom stereocenters. The maximum Gasteiger partial charge on any atom is 0.320 e. The van der Waals surface area contributed by atoms with E-state index >= 15 is 0 Å². The number of aliphatic carboxylic acids is 2. The van der Waals surface area contributed by atoms with E-state index in [9.17, 15) is 9.59 Å². The lowest BCUT2D eigenvalue weighted by molar-refractivity contribution is -0.144. The highest BCUT2D eigenvalue weighted by molar-refractivity contribution is 5.75. The molecular formula is C11H21N3O4. The molecule has 7 nitrogen and oxygen atoms in total. The van der Waals surface area contributed by atoms with Gasteiger partial charge in [0, 0.05) is 45.7 Å². The summed E-state index contributed by atoms with van der Waals surface area (Å²) in [6, 6.07) is -0.671. The predicted octanol–water partition coefficient (Wildman–Crippen LogP) is -1.20. The highest BCUT2D eigenvalue weighted by atomic mass is 16.4. The molecule has 1 heterocycles. The highest BCUT2D eigenvalue weighted by Gasteiger charge is 2.25. The van der Waals surface area contributed by atoms with E-state index < -0.39 is 18.0 Å². The Kier molecular flexibility index (Phi) is 5.90. The first-order chi connectivity index (χ1) is 9.15. The van der Waals surface area contributed by atoms with Crippen LogP contribution in [0.2, 0.25) is 0 Å². The number of nitrogens with zero attached hydrogens (tertiary/aromatic N) is 1. The number of nitrogens with one attached hydrogen (secondary N) is 2. The normalized spacial score (nSPS) is 21.0. The summed E-state index contributed by atoms with van der Waals surface area (Å²) in [6.45, 7) is 4.41. The van der Waals surface area contributed by atoms with Crippen molar-refractivity contribution in [3.63, 3.8) is 0 Å². The molecule has 0 aromatic carbocycles. The maximum absolute atomic E-state index is 11.6. The predicted molar refractivity (Wildman–Crippen MR) is 65.6 cm³/mol. The molecule has 0 radical (unpaired) electrons. The first-order valence-electron chi connectivity index (χ1n) is 6.60. The standard InChI is InChI=1S/C11H21N3O4/c15-10(16)2-1-9(11(17)18)14-7-5-12-3-4-13-6-8-14/h9,12-13H,1-8H2,(H,15,16)(H,17,18)/i/hD. The van der Waals surface area contributed by atoms with E-state index in [1.807, 2.05) is 4.90 Å². The summed E-state index contributed by atoms with van der Waals surface area (Å²) in [6.07, 6.45) is 0.0458. The summed E-state index contributed by atoms with van der Waals surface area (Å²) in [4.78, 5) is 24.1. The second-order valence-corrected chi connectivity index (χ2v) is 4.30. The molecule has 1 aliphatic heterocycles. The molecule has 1 saturated heterocycles. The topological polar surface area (TPSA) is 102 Å². The summed E-state index contributed by atoms with van der Waals surface area (Å²) in [7, 11) is 0. The molecule has 0 bridgehead atoms. The molecule has 0 aliphatic carbocycles. The van der Waals surface area contributed by atoms with Crippen LogP contribution in [0, 0.1) is 0 Å². The molecule has 1 atom stereocenters. The molecule has 0 aromatic heterocycles. The second-order valence-electron chi connectivity index (χ2n) is 4.30. The Bertz CT molecular complexity index is 294. The minimum Gasteiger partial charge on any atom is -0.481 e. The van der Waals surface area contributed by atoms with Gasteiger partial charge >= 0.3 is 11.9 Å². The molecule has 0 amide bonds. The van der Waals surface area contributed by atoms with Gasteiger partial charge in [0.15, 0.2) is 0 Å². The van der Waals surface area contributed by atoms with Crippen LogP contribution in [0.25, 0.3) is 1.43 Å².